The van der Waals surface area contributed by atoms with Crippen LogP contribution in [0, 0.1) is 0 Å². The monoisotopic (exact) mass is 223 g/mol. The molecule has 0 aromatic carbocycles. The average molecular weight is 223 g/mol. The van der Waals surface area contributed by atoms with Crippen molar-refractivity contribution in [2.75, 3.05) is 0 Å². The standard InChI is InChI=1S/C4H8N2O3.ClH.Fe/c5-2(4(8)9)1-3(6)7;;/h2H,1,5H2,(H2,6,7)(H,8,9);1H;/q;;+3/p-1. The zero-order valence-corrected chi connectivity index (χ0v) is 7.29. The molecule has 1 atom stereocenters. The van der Waals surface area contributed by atoms with Gasteiger partial charge in [0.25, 0.3) is 0 Å². The molecule has 1 radical (unpaired) electrons. The predicted molar refractivity (Wildman–Crippen MR) is 29.4 cm³/mol. The van der Waals surface area contributed by atoms with E-state index >= 15 is 0 Å². The summed E-state index contributed by atoms with van der Waals surface area (Å²) in [6.07, 6.45) is -0.310. The first-order valence-electron chi connectivity index (χ1n) is 2.30. The van der Waals surface area contributed by atoms with Crippen LogP contribution in [0.15, 0.2) is 0 Å². The molecule has 5 N–H and O–H groups in total. The summed E-state index contributed by atoms with van der Waals surface area (Å²) in [6, 6.07) is -1.16. The van der Waals surface area contributed by atoms with E-state index in [2.05, 4.69) is 5.73 Å². The first-order chi connectivity index (χ1) is 4.04. The van der Waals surface area contributed by atoms with Crippen LogP contribution in [0.5, 0.6) is 0 Å². The normalized spacial score (nSPS) is 10.3. The van der Waals surface area contributed by atoms with E-state index in [1.54, 1.807) is 0 Å². The van der Waals surface area contributed by atoms with Gasteiger partial charge >= 0.3 is 23.0 Å². The van der Waals surface area contributed by atoms with Crippen LogP contribution in [0.25, 0.3) is 0 Å². The molecule has 0 aliphatic rings. The maximum Gasteiger partial charge on any atom is 3.00 e. The van der Waals surface area contributed by atoms with E-state index in [4.69, 9.17) is 10.8 Å². The number of rotatable bonds is 3. The molecule has 0 spiro atoms. The number of hydrogen-bond acceptors (Lipinski definition) is 3. The molecule has 0 bridgehead atoms. The van der Waals surface area contributed by atoms with E-state index in [0.717, 1.165) is 0 Å². The Labute approximate surface area is 80.4 Å². The Hall–Kier alpha value is -0.291. The van der Waals surface area contributed by atoms with E-state index in [1.165, 1.54) is 0 Å². The van der Waals surface area contributed by atoms with Gasteiger partial charge in [0.1, 0.15) is 6.04 Å². The van der Waals surface area contributed by atoms with Gasteiger partial charge < -0.3 is 29.0 Å². The second-order valence-electron chi connectivity index (χ2n) is 1.62. The van der Waals surface area contributed by atoms with Crippen LogP contribution in [-0.4, -0.2) is 23.0 Å². The quantitative estimate of drug-likeness (QED) is 0.418. The van der Waals surface area contributed by atoms with Gasteiger partial charge in [0.05, 0.1) is 6.42 Å². The third-order valence-electron chi connectivity index (χ3n) is 0.738. The minimum absolute atomic E-state index is 0. The fraction of sp³-hybridized carbons (Fsp3) is 0.500. The minimum atomic E-state index is -1.21. The van der Waals surface area contributed by atoms with Crippen molar-refractivity contribution in [3.63, 3.8) is 0 Å². The first-order valence-corrected chi connectivity index (χ1v) is 2.30. The van der Waals surface area contributed by atoms with Gasteiger partial charge in [0.2, 0.25) is 5.91 Å². The molecule has 65 valence electrons. The van der Waals surface area contributed by atoms with Gasteiger partial charge in [-0.2, -0.15) is 0 Å². The third-order valence-corrected chi connectivity index (χ3v) is 0.738. The Morgan fingerprint density at radius 1 is 1.45 bits per heavy atom. The van der Waals surface area contributed by atoms with Crippen LogP contribution >= 0.6 is 0 Å². The Morgan fingerprint density at radius 3 is 1.91 bits per heavy atom. The molecular formula is C4H8ClFeN2O3+2. The average Bonchev–Trinajstić information content (AvgIpc) is 1.63. The van der Waals surface area contributed by atoms with Gasteiger partial charge in [-0.1, -0.05) is 0 Å². The maximum absolute atomic E-state index is 9.99. The Balaban J connectivity index is -0.000000320. The fourth-order valence-corrected chi connectivity index (χ4v) is 0.304. The van der Waals surface area contributed by atoms with Crippen LogP contribution in [0.4, 0.5) is 0 Å². The van der Waals surface area contributed by atoms with Crippen LogP contribution in [0.1, 0.15) is 6.42 Å². The molecular weight excluding hydrogens is 215 g/mol. The Kier molecular flexibility index (Phi) is 12.1. The summed E-state index contributed by atoms with van der Waals surface area (Å²) >= 11 is 0. The maximum atomic E-state index is 9.99. The molecule has 1 amide bonds. The van der Waals surface area contributed by atoms with Crippen molar-refractivity contribution in [2.45, 2.75) is 12.5 Å². The molecule has 0 aromatic heterocycles. The topological polar surface area (TPSA) is 106 Å². The van der Waals surface area contributed by atoms with E-state index in [9.17, 15) is 9.59 Å². The number of halogens is 1. The molecule has 5 nitrogen and oxygen atoms in total. The van der Waals surface area contributed by atoms with Crippen molar-refractivity contribution in [2.24, 2.45) is 11.5 Å². The Morgan fingerprint density at radius 2 is 1.82 bits per heavy atom. The third kappa shape index (κ3) is 9.71. The number of carbonyl (C=O) groups excluding carboxylic acids is 1. The van der Waals surface area contributed by atoms with Crippen LogP contribution in [0.3, 0.4) is 0 Å². The number of carbonyl (C=O) groups is 2. The van der Waals surface area contributed by atoms with Gasteiger partial charge in [-0.25, -0.2) is 0 Å². The summed E-state index contributed by atoms with van der Waals surface area (Å²) in [6.45, 7) is 0. The van der Waals surface area contributed by atoms with E-state index in [0.29, 0.717) is 0 Å². The van der Waals surface area contributed by atoms with Crippen molar-refractivity contribution in [3.05, 3.63) is 0 Å². The number of nitrogens with two attached hydrogens (primary N) is 2. The summed E-state index contributed by atoms with van der Waals surface area (Å²) in [5.74, 6) is -1.92. The minimum Gasteiger partial charge on any atom is -1.00 e. The SMILES string of the molecule is NC(=O)CC(N)C(=O)O.[Cl-].[Fe+3]. The molecule has 0 fully saturated rings. The number of aliphatic carboxylic acids is 1. The van der Waals surface area contributed by atoms with Crippen LogP contribution < -0.4 is 23.9 Å². The van der Waals surface area contributed by atoms with Crippen molar-refractivity contribution < 1.29 is 44.2 Å². The van der Waals surface area contributed by atoms with Gasteiger partial charge in [0.15, 0.2) is 0 Å². The van der Waals surface area contributed by atoms with Crippen molar-refractivity contribution in [1.29, 1.82) is 0 Å². The number of carboxylic acid groups (broad SMARTS) is 1. The van der Waals surface area contributed by atoms with Gasteiger partial charge in [-0.05, 0) is 0 Å². The van der Waals surface area contributed by atoms with Crippen molar-refractivity contribution >= 4 is 11.9 Å². The number of primary amides is 1. The summed E-state index contributed by atoms with van der Waals surface area (Å²) in [5, 5.41) is 8.10. The van der Waals surface area contributed by atoms with Crippen LogP contribution in [0.2, 0.25) is 0 Å². The molecule has 0 aliphatic carbocycles. The summed E-state index contributed by atoms with van der Waals surface area (Å²) in [7, 11) is 0. The molecule has 0 aliphatic heterocycles. The van der Waals surface area contributed by atoms with Crippen molar-refractivity contribution in [1.82, 2.24) is 0 Å². The van der Waals surface area contributed by atoms with Crippen LogP contribution in [-0.2, 0) is 26.7 Å². The van der Waals surface area contributed by atoms with E-state index in [-0.39, 0.29) is 35.9 Å². The van der Waals surface area contributed by atoms with Gasteiger partial charge in [-0.15, -0.1) is 0 Å². The molecule has 7 heteroatoms. The van der Waals surface area contributed by atoms with E-state index in [1.807, 2.05) is 0 Å². The van der Waals surface area contributed by atoms with Gasteiger partial charge in [-0.3, -0.25) is 9.59 Å². The zero-order valence-electron chi connectivity index (χ0n) is 5.43. The second-order valence-corrected chi connectivity index (χ2v) is 1.62. The van der Waals surface area contributed by atoms with Gasteiger partial charge in [0, 0.05) is 0 Å². The molecule has 0 rings (SSSR count). The molecule has 0 saturated heterocycles. The first kappa shape index (κ1) is 17.0. The largest absolute Gasteiger partial charge is 3.00 e. The number of carboxylic acids is 1. The smallest absolute Gasteiger partial charge is 1.00 e. The Bertz CT molecular complexity index is 143. The molecule has 11 heavy (non-hydrogen) atoms. The predicted octanol–water partition coefficient (Wildman–Crippen LogP) is -4.72. The summed E-state index contributed by atoms with van der Waals surface area (Å²) < 4.78 is 0. The molecule has 0 aromatic rings. The fourth-order valence-electron chi connectivity index (χ4n) is 0.304. The molecule has 1 unspecified atom stereocenters. The molecule has 0 saturated carbocycles. The second kappa shape index (κ2) is 7.81. The van der Waals surface area contributed by atoms with Crippen molar-refractivity contribution in [3.8, 4) is 0 Å². The number of hydrogen-bond donors (Lipinski definition) is 3. The summed E-state index contributed by atoms with van der Waals surface area (Å²) in [5.41, 5.74) is 9.57. The molecule has 0 heterocycles. The number of amides is 1. The summed E-state index contributed by atoms with van der Waals surface area (Å²) in [4.78, 5) is 19.9. The zero-order chi connectivity index (χ0) is 7.44. The van der Waals surface area contributed by atoms with E-state index < -0.39 is 17.9 Å².